The van der Waals surface area contributed by atoms with Crippen LogP contribution in [0, 0.1) is 19.3 Å². The Balaban J connectivity index is 2.28. The molecule has 0 heterocycles. The maximum Gasteiger partial charge on any atom is 0.129 e. The third-order valence-electron chi connectivity index (χ3n) is 10.9. The first-order valence-corrected chi connectivity index (χ1v) is 18.4. The average Bonchev–Trinajstić information content (AvgIpc) is 3.03. The van der Waals surface area contributed by atoms with E-state index in [0.717, 1.165) is 44.5 Å². The van der Waals surface area contributed by atoms with Gasteiger partial charge in [0.15, 0.2) is 0 Å². The van der Waals surface area contributed by atoms with Gasteiger partial charge in [-0.25, -0.2) is 0 Å². The zero-order valence-corrected chi connectivity index (χ0v) is 33.8. The molecule has 0 bridgehead atoms. The van der Waals surface area contributed by atoms with Crippen LogP contribution in [0.4, 0.5) is 0 Å². The van der Waals surface area contributed by atoms with Crippen molar-refractivity contribution >= 4 is 0 Å². The third-order valence-corrected chi connectivity index (χ3v) is 10.9. The molecule has 0 saturated heterocycles. The molecule has 0 spiro atoms. The Labute approximate surface area is 308 Å². The molecule has 0 atom stereocenters. The van der Waals surface area contributed by atoms with Crippen molar-refractivity contribution in [3.63, 3.8) is 0 Å². The Morgan fingerprint density at radius 1 is 0.431 bits per heavy atom. The quantitative estimate of drug-likeness (QED) is 0.148. The molecular formula is C47H64O4. The van der Waals surface area contributed by atoms with E-state index in [1.54, 1.807) is 0 Å². The topological polar surface area (TPSA) is 80.9 Å². The van der Waals surface area contributed by atoms with Crippen LogP contribution in [0.15, 0.2) is 72.8 Å². The lowest BCUT2D eigenvalue weighted by molar-refractivity contribution is -0.136. The second-order valence-corrected chi connectivity index (χ2v) is 19.0. The summed E-state index contributed by atoms with van der Waals surface area (Å²) >= 11 is 0. The highest BCUT2D eigenvalue weighted by atomic mass is 16.3. The number of aliphatic hydroxyl groups is 4. The number of hydrogen-bond acceptors (Lipinski definition) is 4. The minimum absolute atomic E-state index is 0.0716. The van der Waals surface area contributed by atoms with Crippen LogP contribution in [-0.4, -0.2) is 40.2 Å². The highest BCUT2D eigenvalue weighted by molar-refractivity contribution is 5.80. The molecule has 0 aliphatic carbocycles. The Morgan fingerprint density at radius 2 is 0.765 bits per heavy atom. The molecule has 0 aromatic heterocycles. The summed E-state index contributed by atoms with van der Waals surface area (Å²) in [4.78, 5) is 0. The summed E-state index contributed by atoms with van der Waals surface area (Å²) < 4.78 is 0. The summed E-state index contributed by atoms with van der Waals surface area (Å²) in [5, 5.41) is 47.8. The molecule has 0 aliphatic heterocycles. The molecule has 4 aromatic rings. The Bertz CT molecular complexity index is 1730. The van der Waals surface area contributed by atoms with Crippen molar-refractivity contribution in [2.45, 2.75) is 124 Å². The van der Waals surface area contributed by atoms with E-state index in [1.165, 1.54) is 11.1 Å². The van der Waals surface area contributed by atoms with Gasteiger partial charge in [-0.1, -0.05) is 156 Å². The van der Waals surface area contributed by atoms with Gasteiger partial charge in [0.2, 0.25) is 0 Å². The van der Waals surface area contributed by atoms with Crippen molar-refractivity contribution in [3.8, 4) is 22.3 Å². The van der Waals surface area contributed by atoms with E-state index in [0.29, 0.717) is 11.1 Å². The van der Waals surface area contributed by atoms with Crippen molar-refractivity contribution in [3.05, 3.63) is 117 Å². The van der Waals surface area contributed by atoms with Crippen LogP contribution < -0.4 is 0 Å². The second-order valence-electron chi connectivity index (χ2n) is 19.0. The molecule has 4 nitrogen and oxygen atoms in total. The fourth-order valence-corrected chi connectivity index (χ4v) is 7.63. The van der Waals surface area contributed by atoms with E-state index >= 15 is 0 Å². The highest BCUT2D eigenvalue weighted by Crippen LogP contribution is 2.54. The standard InChI is InChI=1S/C47H64O4/c1-30-17-15-19-36(34-23-21-32(42(3,4)5)25-38(34)44(9,10)11)40(30)47(51,46(27-48,28-49)29-50)41-31(2)18-16-20-37(41)35-24-22-33(43(6,7)8)26-39(35)45(12,13)14/h15-26,48-51H,27-29H2,1-14H3. The lowest BCUT2D eigenvalue weighted by Crippen LogP contribution is -2.55. The van der Waals surface area contributed by atoms with Crippen molar-refractivity contribution in [1.82, 2.24) is 0 Å². The molecule has 0 fully saturated rings. The molecular weight excluding hydrogens is 629 g/mol. The normalized spacial score (nSPS) is 13.5. The molecule has 0 radical (unpaired) electrons. The largest absolute Gasteiger partial charge is 0.395 e. The molecule has 4 aromatic carbocycles. The summed E-state index contributed by atoms with van der Waals surface area (Å²) in [5.74, 6) is 0. The highest BCUT2D eigenvalue weighted by Gasteiger charge is 2.55. The number of aryl methyl sites for hydroxylation is 2. The molecule has 4 rings (SSSR count). The van der Waals surface area contributed by atoms with Crippen LogP contribution in [0.3, 0.4) is 0 Å². The predicted molar refractivity (Wildman–Crippen MR) is 215 cm³/mol. The van der Waals surface area contributed by atoms with Gasteiger partial charge >= 0.3 is 0 Å². The van der Waals surface area contributed by atoms with Crippen LogP contribution in [0.5, 0.6) is 0 Å². The Morgan fingerprint density at radius 3 is 1.04 bits per heavy atom. The monoisotopic (exact) mass is 692 g/mol. The average molecular weight is 693 g/mol. The minimum Gasteiger partial charge on any atom is -0.395 e. The van der Waals surface area contributed by atoms with E-state index in [1.807, 2.05) is 50.2 Å². The zero-order chi connectivity index (χ0) is 38.5. The molecule has 0 saturated carbocycles. The van der Waals surface area contributed by atoms with Crippen molar-refractivity contribution in [2.75, 3.05) is 19.8 Å². The third kappa shape index (κ3) is 7.35. The number of aliphatic hydroxyl groups excluding tert-OH is 3. The molecule has 276 valence electrons. The first kappa shape index (κ1) is 40.5. The van der Waals surface area contributed by atoms with E-state index in [2.05, 4.69) is 119 Å². The fraction of sp³-hybridized carbons (Fsp3) is 0.489. The lowest BCUT2D eigenvalue weighted by atomic mass is 9.60. The van der Waals surface area contributed by atoms with Gasteiger partial charge in [-0.05, 0) is 102 Å². The van der Waals surface area contributed by atoms with Crippen molar-refractivity contribution in [1.29, 1.82) is 0 Å². The first-order chi connectivity index (χ1) is 23.4. The van der Waals surface area contributed by atoms with Crippen LogP contribution in [0.1, 0.15) is 128 Å². The number of hydrogen-bond donors (Lipinski definition) is 4. The lowest BCUT2D eigenvalue weighted by Gasteiger charge is -2.48. The van der Waals surface area contributed by atoms with E-state index in [-0.39, 0.29) is 21.7 Å². The van der Waals surface area contributed by atoms with E-state index in [9.17, 15) is 20.4 Å². The molecule has 0 amide bonds. The van der Waals surface area contributed by atoms with Crippen LogP contribution in [0.25, 0.3) is 22.3 Å². The number of benzene rings is 4. The Kier molecular flexibility index (Phi) is 11.1. The molecule has 0 aliphatic rings. The SMILES string of the molecule is Cc1cccc(-c2ccc(C(C)(C)C)cc2C(C)(C)C)c1C(O)(c1c(C)cccc1-c1ccc(C(C)(C)C)cc1C(C)(C)C)C(CO)(CO)CO. The second kappa shape index (κ2) is 13.9. The summed E-state index contributed by atoms with van der Waals surface area (Å²) in [6.07, 6.45) is 0. The number of rotatable bonds is 8. The Hall–Kier alpha value is -3.28. The molecule has 51 heavy (non-hydrogen) atoms. The van der Waals surface area contributed by atoms with Gasteiger partial charge in [-0.3, -0.25) is 0 Å². The van der Waals surface area contributed by atoms with Crippen LogP contribution in [-0.2, 0) is 27.3 Å². The van der Waals surface area contributed by atoms with Crippen LogP contribution >= 0.6 is 0 Å². The van der Waals surface area contributed by atoms with Gasteiger partial charge in [0, 0.05) is 0 Å². The van der Waals surface area contributed by atoms with Gasteiger partial charge in [0.25, 0.3) is 0 Å². The van der Waals surface area contributed by atoms with Crippen LogP contribution in [0.2, 0.25) is 0 Å². The van der Waals surface area contributed by atoms with Crippen molar-refractivity contribution in [2.24, 2.45) is 5.41 Å². The van der Waals surface area contributed by atoms with E-state index in [4.69, 9.17) is 0 Å². The van der Waals surface area contributed by atoms with Gasteiger partial charge in [0.05, 0.1) is 25.2 Å². The summed E-state index contributed by atoms with van der Waals surface area (Å²) in [6.45, 7) is 28.5. The maximum atomic E-state index is 14.0. The summed E-state index contributed by atoms with van der Waals surface area (Å²) in [7, 11) is 0. The molecule has 4 N–H and O–H groups in total. The van der Waals surface area contributed by atoms with Gasteiger partial charge < -0.3 is 20.4 Å². The van der Waals surface area contributed by atoms with Gasteiger partial charge in [0.1, 0.15) is 5.60 Å². The van der Waals surface area contributed by atoms with E-state index < -0.39 is 30.8 Å². The van der Waals surface area contributed by atoms with Gasteiger partial charge in [-0.15, -0.1) is 0 Å². The molecule has 0 unspecified atom stereocenters. The smallest absolute Gasteiger partial charge is 0.129 e. The van der Waals surface area contributed by atoms with Gasteiger partial charge in [-0.2, -0.15) is 0 Å². The summed E-state index contributed by atoms with van der Waals surface area (Å²) in [6, 6.07) is 25.2. The summed E-state index contributed by atoms with van der Waals surface area (Å²) in [5.41, 5.74) is 6.51. The maximum absolute atomic E-state index is 14.0. The van der Waals surface area contributed by atoms with Crippen molar-refractivity contribution < 1.29 is 20.4 Å². The fourth-order valence-electron chi connectivity index (χ4n) is 7.63. The molecule has 4 heteroatoms. The zero-order valence-electron chi connectivity index (χ0n) is 33.8. The minimum atomic E-state index is -2.04. The predicted octanol–water partition coefficient (Wildman–Crippen LogP) is 10.0. The first-order valence-electron chi connectivity index (χ1n) is 18.4.